The predicted octanol–water partition coefficient (Wildman–Crippen LogP) is 1.55. The van der Waals surface area contributed by atoms with E-state index in [2.05, 4.69) is 5.32 Å². The van der Waals surface area contributed by atoms with Crippen LogP contribution >= 0.6 is 0 Å². The lowest BCUT2D eigenvalue weighted by molar-refractivity contribution is -0.140. The molecule has 2 aromatic rings. The Hall–Kier alpha value is -3.60. The SMILES string of the molecule is COc1cccc(CCN(C(=O)C(C)C)[C@@H]2C=C(C(=O)NCCO)[C@@H]3c4cc(CO)cc(OC)c4O[C@@H]3[C@H]2O)c1. The maximum atomic E-state index is 13.5. The van der Waals surface area contributed by atoms with Gasteiger partial charge in [0.1, 0.15) is 18.0 Å². The van der Waals surface area contributed by atoms with E-state index in [4.69, 9.17) is 14.2 Å². The minimum atomic E-state index is -1.16. The van der Waals surface area contributed by atoms with E-state index in [1.54, 1.807) is 44.1 Å². The summed E-state index contributed by atoms with van der Waals surface area (Å²) in [5.41, 5.74) is 2.45. The molecule has 0 unspecified atom stereocenters. The normalized spacial score (nSPS) is 21.1. The molecule has 0 spiro atoms. The minimum Gasteiger partial charge on any atom is -0.497 e. The van der Waals surface area contributed by atoms with Gasteiger partial charge in [-0.05, 0) is 47.9 Å². The largest absolute Gasteiger partial charge is 0.497 e. The second-order valence-corrected chi connectivity index (χ2v) is 10.3. The third-order valence-electron chi connectivity index (χ3n) is 7.41. The Balaban J connectivity index is 1.76. The Labute approximate surface area is 234 Å². The Bertz CT molecular complexity index is 1260. The number of benzene rings is 2. The van der Waals surface area contributed by atoms with Gasteiger partial charge in [0.15, 0.2) is 11.5 Å². The average Bonchev–Trinajstić information content (AvgIpc) is 3.36. The van der Waals surface area contributed by atoms with Gasteiger partial charge in [-0.2, -0.15) is 0 Å². The number of ether oxygens (including phenoxy) is 3. The van der Waals surface area contributed by atoms with E-state index >= 15 is 0 Å². The lowest BCUT2D eigenvalue weighted by Gasteiger charge is -2.41. The van der Waals surface area contributed by atoms with Crippen LogP contribution in [0.3, 0.4) is 0 Å². The van der Waals surface area contributed by atoms with Gasteiger partial charge in [0.05, 0.1) is 39.4 Å². The van der Waals surface area contributed by atoms with E-state index in [-0.39, 0.29) is 38.1 Å². The van der Waals surface area contributed by atoms with Crippen LogP contribution in [-0.4, -0.2) is 84.2 Å². The van der Waals surface area contributed by atoms with Crippen molar-refractivity contribution in [2.45, 2.75) is 51.0 Å². The second kappa shape index (κ2) is 12.7. The van der Waals surface area contributed by atoms with Crippen LogP contribution < -0.4 is 19.5 Å². The maximum absolute atomic E-state index is 13.5. The number of nitrogens with one attached hydrogen (secondary N) is 1. The summed E-state index contributed by atoms with van der Waals surface area (Å²) in [5.74, 6) is -0.172. The molecule has 40 heavy (non-hydrogen) atoms. The van der Waals surface area contributed by atoms with Crippen molar-refractivity contribution in [3.8, 4) is 17.2 Å². The molecule has 10 nitrogen and oxygen atoms in total. The molecule has 1 heterocycles. The summed E-state index contributed by atoms with van der Waals surface area (Å²) in [5, 5.41) is 33.6. The van der Waals surface area contributed by atoms with Crippen LogP contribution in [0.25, 0.3) is 0 Å². The molecule has 2 amide bonds. The van der Waals surface area contributed by atoms with Crippen LogP contribution in [0.2, 0.25) is 0 Å². The lowest BCUT2D eigenvalue weighted by atomic mass is 9.77. The van der Waals surface area contributed by atoms with E-state index in [0.717, 1.165) is 5.56 Å². The van der Waals surface area contributed by atoms with Crippen molar-refractivity contribution >= 4 is 11.8 Å². The molecule has 4 N–H and O–H groups in total. The van der Waals surface area contributed by atoms with Gasteiger partial charge in [-0.3, -0.25) is 9.59 Å². The quantitative estimate of drug-likeness (QED) is 0.328. The third-order valence-corrected chi connectivity index (χ3v) is 7.41. The van der Waals surface area contributed by atoms with Crippen LogP contribution in [0.1, 0.15) is 36.5 Å². The molecule has 2 aromatic carbocycles. The maximum Gasteiger partial charge on any atom is 0.247 e. The summed E-state index contributed by atoms with van der Waals surface area (Å²) in [7, 11) is 3.07. The van der Waals surface area contributed by atoms with Crippen molar-refractivity contribution in [3.05, 3.63) is 64.7 Å². The number of hydrogen-bond acceptors (Lipinski definition) is 8. The van der Waals surface area contributed by atoms with Gasteiger partial charge in [0.2, 0.25) is 11.8 Å². The number of rotatable bonds is 11. The Kier molecular flexibility index (Phi) is 9.34. The van der Waals surface area contributed by atoms with Crippen LogP contribution in [0.5, 0.6) is 17.2 Å². The van der Waals surface area contributed by atoms with Crippen molar-refractivity contribution in [1.29, 1.82) is 0 Å². The number of carbonyl (C=O) groups excluding carboxylic acids is 2. The highest BCUT2D eigenvalue weighted by molar-refractivity contribution is 5.96. The fraction of sp³-hybridized carbons (Fsp3) is 0.467. The zero-order valence-electron chi connectivity index (χ0n) is 23.3. The molecule has 0 bridgehead atoms. The van der Waals surface area contributed by atoms with Gasteiger partial charge in [-0.15, -0.1) is 0 Å². The van der Waals surface area contributed by atoms with Gasteiger partial charge in [0, 0.05) is 30.1 Å². The number of aliphatic hydroxyl groups is 3. The molecule has 0 radical (unpaired) electrons. The number of aliphatic hydroxyl groups excluding tert-OH is 3. The first-order chi connectivity index (χ1) is 19.2. The third kappa shape index (κ3) is 5.79. The molecule has 1 aliphatic carbocycles. The van der Waals surface area contributed by atoms with E-state index in [1.165, 1.54) is 7.11 Å². The predicted molar refractivity (Wildman–Crippen MR) is 147 cm³/mol. The van der Waals surface area contributed by atoms with Crippen molar-refractivity contribution in [3.63, 3.8) is 0 Å². The fourth-order valence-corrected chi connectivity index (χ4v) is 5.43. The summed E-state index contributed by atoms with van der Waals surface area (Å²) < 4.78 is 17.1. The van der Waals surface area contributed by atoms with Crippen LogP contribution in [-0.2, 0) is 22.6 Å². The Morgan fingerprint density at radius 2 is 1.88 bits per heavy atom. The molecule has 0 aromatic heterocycles. The van der Waals surface area contributed by atoms with E-state index in [1.807, 2.05) is 24.3 Å². The molecular formula is C30H38N2O8. The smallest absolute Gasteiger partial charge is 0.247 e. The number of amides is 2. The van der Waals surface area contributed by atoms with Crippen LogP contribution in [0, 0.1) is 5.92 Å². The van der Waals surface area contributed by atoms with E-state index in [9.17, 15) is 24.9 Å². The van der Waals surface area contributed by atoms with Gasteiger partial charge in [-0.25, -0.2) is 0 Å². The number of fused-ring (bicyclic) bond motifs is 3. The molecule has 10 heteroatoms. The first-order valence-corrected chi connectivity index (χ1v) is 13.4. The summed E-state index contributed by atoms with van der Waals surface area (Å²) >= 11 is 0. The zero-order valence-corrected chi connectivity index (χ0v) is 23.3. The molecular weight excluding hydrogens is 516 g/mol. The highest BCUT2D eigenvalue weighted by atomic mass is 16.5. The minimum absolute atomic E-state index is 0.0406. The topological polar surface area (TPSA) is 138 Å². The standard InChI is InChI=1S/C30H38N2O8/c1-17(2)30(37)32(10-8-18-6-5-7-20(12-18)38-3)23-15-22(29(36)31-9-11-33)25-21-13-19(16-34)14-24(39-4)27(21)40-28(25)26(23)35/h5-7,12-15,17,23,25-26,28,33-35H,8-11,16H2,1-4H3,(H,31,36)/t23-,25+,26+,28+/m1/s1. The molecule has 0 saturated carbocycles. The summed E-state index contributed by atoms with van der Waals surface area (Å²) in [6.07, 6.45) is 0.0897. The average molecular weight is 555 g/mol. The zero-order chi connectivity index (χ0) is 29.0. The molecule has 1 aliphatic heterocycles. The van der Waals surface area contributed by atoms with Crippen LogP contribution in [0.4, 0.5) is 0 Å². The van der Waals surface area contributed by atoms with E-state index in [0.29, 0.717) is 40.4 Å². The van der Waals surface area contributed by atoms with E-state index < -0.39 is 30.1 Å². The van der Waals surface area contributed by atoms with Crippen molar-refractivity contribution in [2.75, 3.05) is 33.9 Å². The fourth-order valence-electron chi connectivity index (χ4n) is 5.43. The summed E-state index contributed by atoms with van der Waals surface area (Å²) in [6, 6.07) is 10.1. The van der Waals surface area contributed by atoms with Gasteiger partial charge in [0.25, 0.3) is 0 Å². The van der Waals surface area contributed by atoms with Gasteiger partial charge in [-0.1, -0.05) is 26.0 Å². The molecule has 0 saturated heterocycles. The number of nitrogens with zero attached hydrogens (tertiary/aromatic N) is 1. The molecule has 4 rings (SSSR count). The lowest BCUT2D eigenvalue weighted by Crippen LogP contribution is -2.56. The first-order valence-electron chi connectivity index (χ1n) is 13.4. The second-order valence-electron chi connectivity index (χ2n) is 10.3. The first kappa shape index (κ1) is 29.4. The summed E-state index contributed by atoms with van der Waals surface area (Å²) in [4.78, 5) is 28.5. The van der Waals surface area contributed by atoms with Crippen LogP contribution in [0.15, 0.2) is 48.0 Å². The number of methoxy groups -OCH3 is 2. The molecule has 4 atom stereocenters. The summed E-state index contributed by atoms with van der Waals surface area (Å²) in [6.45, 7) is 3.42. The molecule has 0 fully saturated rings. The van der Waals surface area contributed by atoms with Crippen molar-refractivity contribution in [2.24, 2.45) is 5.92 Å². The van der Waals surface area contributed by atoms with Gasteiger partial charge < -0.3 is 39.7 Å². The van der Waals surface area contributed by atoms with Crippen molar-refractivity contribution < 1.29 is 39.1 Å². The van der Waals surface area contributed by atoms with Crippen molar-refractivity contribution in [1.82, 2.24) is 10.2 Å². The molecule has 216 valence electrons. The Morgan fingerprint density at radius 3 is 2.52 bits per heavy atom. The van der Waals surface area contributed by atoms with Gasteiger partial charge >= 0.3 is 0 Å². The molecule has 2 aliphatic rings. The number of carbonyl (C=O) groups is 2. The highest BCUT2D eigenvalue weighted by Gasteiger charge is 2.51. The number of hydrogen-bond donors (Lipinski definition) is 4. The monoisotopic (exact) mass is 554 g/mol. The Morgan fingerprint density at radius 1 is 1.10 bits per heavy atom. The highest BCUT2D eigenvalue weighted by Crippen LogP contribution is 2.51.